The van der Waals surface area contributed by atoms with E-state index >= 15 is 0 Å². The van der Waals surface area contributed by atoms with Crippen molar-refractivity contribution in [3.8, 4) is 0 Å². The van der Waals surface area contributed by atoms with Crippen LogP contribution >= 0.6 is 0 Å². The molecule has 0 aromatic heterocycles. The van der Waals surface area contributed by atoms with E-state index in [-0.39, 0.29) is 32.4 Å². The molecule has 4 amide bonds. The smallest absolute Gasteiger partial charge is 0.407 e. The second-order valence-electron chi connectivity index (χ2n) is 9.44. The summed E-state index contributed by atoms with van der Waals surface area (Å²) in [6, 6.07) is 6.99. The van der Waals surface area contributed by atoms with Gasteiger partial charge in [-0.05, 0) is 46.1 Å². The van der Waals surface area contributed by atoms with Crippen LogP contribution in [0.2, 0.25) is 0 Å². The Kier molecular flexibility index (Phi) is 10.4. The Labute approximate surface area is 210 Å². The van der Waals surface area contributed by atoms with Crippen LogP contribution in [0.3, 0.4) is 0 Å². The van der Waals surface area contributed by atoms with Crippen molar-refractivity contribution in [1.82, 2.24) is 15.5 Å². The van der Waals surface area contributed by atoms with E-state index < -0.39 is 53.6 Å². The molecule has 1 aliphatic rings. The van der Waals surface area contributed by atoms with Crippen LogP contribution in [0.15, 0.2) is 30.3 Å². The first-order valence-corrected chi connectivity index (χ1v) is 11.8. The molecular formula is C25H35N3O8. The summed E-state index contributed by atoms with van der Waals surface area (Å²) in [6.07, 6.45) is -1.47. The zero-order chi connectivity index (χ0) is 26.9. The molecule has 1 aliphatic heterocycles. The average Bonchev–Trinajstić information content (AvgIpc) is 3.10. The Morgan fingerprint density at radius 2 is 1.81 bits per heavy atom. The van der Waals surface area contributed by atoms with Gasteiger partial charge in [0.25, 0.3) is 5.91 Å². The maximum atomic E-state index is 13.1. The molecule has 1 saturated heterocycles. The standard InChI is InChI=1S/C25H35N3O8/c1-16(23(32)36-25(2,3)4)27-21(30)18(28-20(29)14-19(34-5)22(28)31)12-9-13-26-24(33)35-15-17-10-7-6-8-11-17/h6-8,10-11,16,18-19H,9,12-15H2,1-5H3,(H,26,33)(H,27,30)/t16-,18-,19?/m0/s1. The zero-order valence-electron chi connectivity index (χ0n) is 21.4. The Morgan fingerprint density at radius 3 is 2.39 bits per heavy atom. The van der Waals surface area contributed by atoms with Gasteiger partial charge in [0, 0.05) is 13.7 Å². The lowest BCUT2D eigenvalue weighted by Crippen LogP contribution is -2.53. The number of carbonyl (C=O) groups excluding carboxylic acids is 5. The fraction of sp³-hybridized carbons (Fsp3) is 0.560. The molecule has 11 nitrogen and oxygen atoms in total. The summed E-state index contributed by atoms with van der Waals surface area (Å²) < 4.78 is 15.5. The highest BCUT2D eigenvalue weighted by molar-refractivity contribution is 6.08. The molecule has 0 aliphatic carbocycles. The summed E-state index contributed by atoms with van der Waals surface area (Å²) in [4.78, 5) is 63.4. The van der Waals surface area contributed by atoms with Crippen molar-refractivity contribution >= 4 is 29.8 Å². The van der Waals surface area contributed by atoms with Gasteiger partial charge in [0.1, 0.15) is 30.4 Å². The van der Waals surface area contributed by atoms with Gasteiger partial charge in [-0.25, -0.2) is 9.59 Å². The van der Waals surface area contributed by atoms with E-state index in [9.17, 15) is 24.0 Å². The van der Waals surface area contributed by atoms with E-state index in [0.717, 1.165) is 10.5 Å². The minimum absolute atomic E-state index is 0.0553. The van der Waals surface area contributed by atoms with Crippen LogP contribution in [-0.4, -0.2) is 72.1 Å². The lowest BCUT2D eigenvalue weighted by molar-refractivity contribution is -0.158. The molecule has 1 unspecified atom stereocenters. The van der Waals surface area contributed by atoms with E-state index in [1.165, 1.54) is 14.0 Å². The number of rotatable bonds is 11. The van der Waals surface area contributed by atoms with Crippen LogP contribution in [0.5, 0.6) is 0 Å². The predicted octanol–water partition coefficient (Wildman–Crippen LogP) is 1.68. The highest BCUT2D eigenvalue weighted by Gasteiger charge is 2.45. The minimum atomic E-state index is -1.18. The first kappa shape index (κ1) is 28.8. The van der Waals surface area contributed by atoms with Gasteiger partial charge in [-0.3, -0.25) is 19.3 Å². The van der Waals surface area contributed by atoms with Crippen LogP contribution in [0, 0.1) is 0 Å². The number of likely N-dealkylation sites (tertiary alicyclic amines) is 1. The van der Waals surface area contributed by atoms with Crippen molar-refractivity contribution in [2.24, 2.45) is 0 Å². The number of ether oxygens (including phenoxy) is 3. The van der Waals surface area contributed by atoms with Crippen LogP contribution in [0.1, 0.15) is 52.5 Å². The van der Waals surface area contributed by atoms with Crippen LogP contribution in [0.4, 0.5) is 4.79 Å². The van der Waals surface area contributed by atoms with Crippen LogP contribution in [-0.2, 0) is 40.0 Å². The lowest BCUT2D eigenvalue weighted by atomic mass is 10.1. The fourth-order valence-electron chi connectivity index (χ4n) is 3.53. The monoisotopic (exact) mass is 505 g/mol. The highest BCUT2D eigenvalue weighted by Crippen LogP contribution is 2.21. The van der Waals surface area contributed by atoms with Gasteiger partial charge in [0.05, 0.1) is 6.42 Å². The first-order chi connectivity index (χ1) is 16.9. The van der Waals surface area contributed by atoms with Crippen LogP contribution in [0.25, 0.3) is 0 Å². The number of benzene rings is 1. The second-order valence-corrected chi connectivity index (χ2v) is 9.44. The molecule has 0 spiro atoms. The molecule has 2 N–H and O–H groups in total. The van der Waals surface area contributed by atoms with E-state index in [1.54, 1.807) is 20.8 Å². The normalized spacial score (nSPS) is 17.4. The summed E-state index contributed by atoms with van der Waals surface area (Å²) >= 11 is 0. The number of amides is 4. The maximum absolute atomic E-state index is 13.1. The molecule has 0 radical (unpaired) electrons. The minimum Gasteiger partial charge on any atom is -0.458 e. The molecule has 1 heterocycles. The number of methoxy groups -OCH3 is 1. The number of carbonyl (C=O) groups is 5. The molecule has 1 aromatic carbocycles. The molecule has 0 saturated carbocycles. The predicted molar refractivity (Wildman–Crippen MR) is 128 cm³/mol. The average molecular weight is 506 g/mol. The molecule has 198 valence electrons. The van der Waals surface area contributed by atoms with Gasteiger partial charge in [-0.1, -0.05) is 30.3 Å². The third kappa shape index (κ3) is 8.63. The van der Waals surface area contributed by atoms with Crippen molar-refractivity contribution < 1.29 is 38.2 Å². The van der Waals surface area contributed by atoms with Crippen molar-refractivity contribution in [2.75, 3.05) is 13.7 Å². The molecule has 0 bridgehead atoms. The summed E-state index contributed by atoms with van der Waals surface area (Å²) in [5, 5.41) is 5.11. The maximum Gasteiger partial charge on any atom is 0.407 e. The van der Waals surface area contributed by atoms with E-state index in [4.69, 9.17) is 14.2 Å². The molecule has 11 heteroatoms. The first-order valence-electron chi connectivity index (χ1n) is 11.8. The molecule has 1 aromatic rings. The van der Waals surface area contributed by atoms with Gasteiger partial charge in [-0.15, -0.1) is 0 Å². The summed E-state index contributed by atoms with van der Waals surface area (Å²) in [6.45, 7) is 6.81. The number of imide groups is 1. The lowest BCUT2D eigenvalue weighted by Gasteiger charge is -2.28. The number of alkyl carbamates (subject to hydrolysis) is 1. The third-order valence-electron chi connectivity index (χ3n) is 5.30. The Morgan fingerprint density at radius 1 is 1.14 bits per heavy atom. The van der Waals surface area contributed by atoms with Gasteiger partial charge in [0.2, 0.25) is 11.8 Å². The van der Waals surface area contributed by atoms with Crippen molar-refractivity contribution in [3.05, 3.63) is 35.9 Å². The Bertz CT molecular complexity index is 944. The van der Waals surface area contributed by atoms with E-state index in [2.05, 4.69) is 10.6 Å². The highest BCUT2D eigenvalue weighted by atomic mass is 16.6. The summed E-state index contributed by atoms with van der Waals surface area (Å²) in [5.74, 6) is -2.50. The molecular weight excluding hydrogens is 470 g/mol. The Balaban J connectivity index is 1.97. The van der Waals surface area contributed by atoms with Crippen molar-refractivity contribution in [2.45, 2.75) is 77.4 Å². The van der Waals surface area contributed by atoms with Crippen molar-refractivity contribution in [3.63, 3.8) is 0 Å². The molecule has 2 rings (SSSR count). The Hall–Kier alpha value is -3.47. The number of esters is 1. The molecule has 1 fully saturated rings. The SMILES string of the molecule is COC1CC(=O)N([C@@H](CCCNC(=O)OCc2ccccc2)C(=O)N[C@@H](C)C(=O)OC(C)(C)C)C1=O. The van der Waals surface area contributed by atoms with Gasteiger partial charge in [0.15, 0.2) is 0 Å². The third-order valence-corrected chi connectivity index (χ3v) is 5.30. The topological polar surface area (TPSA) is 140 Å². The van der Waals surface area contributed by atoms with Gasteiger partial charge >= 0.3 is 12.1 Å². The van der Waals surface area contributed by atoms with Gasteiger partial charge in [-0.2, -0.15) is 0 Å². The second kappa shape index (κ2) is 13.0. The van der Waals surface area contributed by atoms with Crippen molar-refractivity contribution in [1.29, 1.82) is 0 Å². The van der Waals surface area contributed by atoms with Gasteiger partial charge < -0.3 is 24.8 Å². The summed E-state index contributed by atoms with van der Waals surface area (Å²) in [7, 11) is 1.31. The summed E-state index contributed by atoms with van der Waals surface area (Å²) in [5.41, 5.74) is 0.0882. The fourth-order valence-corrected chi connectivity index (χ4v) is 3.53. The van der Waals surface area contributed by atoms with Crippen LogP contribution < -0.4 is 10.6 Å². The van der Waals surface area contributed by atoms with E-state index in [1.807, 2.05) is 30.3 Å². The number of hydrogen-bond donors (Lipinski definition) is 2. The molecule has 36 heavy (non-hydrogen) atoms. The number of nitrogens with one attached hydrogen (secondary N) is 2. The zero-order valence-corrected chi connectivity index (χ0v) is 21.4. The van der Waals surface area contributed by atoms with E-state index in [0.29, 0.717) is 0 Å². The number of nitrogens with zero attached hydrogens (tertiary/aromatic N) is 1. The molecule has 3 atom stereocenters. The largest absolute Gasteiger partial charge is 0.458 e. The quantitative estimate of drug-likeness (QED) is 0.263. The number of hydrogen-bond acceptors (Lipinski definition) is 8.